The summed E-state index contributed by atoms with van der Waals surface area (Å²) >= 11 is 0. The Kier molecular flexibility index (Phi) is 11.2. The summed E-state index contributed by atoms with van der Waals surface area (Å²) in [4.78, 5) is 18.5. The van der Waals surface area contributed by atoms with Crippen molar-refractivity contribution in [3.8, 4) is 0 Å². The van der Waals surface area contributed by atoms with E-state index in [4.69, 9.17) is 4.74 Å². The average molecular weight is 344 g/mol. The van der Waals surface area contributed by atoms with Gasteiger partial charge in [0.05, 0.1) is 6.54 Å². The molecule has 0 unspecified atom stereocenters. The normalized spacial score (nSPS) is 12.5. The van der Waals surface area contributed by atoms with Crippen LogP contribution in [-0.4, -0.2) is 67.9 Å². The van der Waals surface area contributed by atoms with Crippen molar-refractivity contribution >= 4 is 12.1 Å². The van der Waals surface area contributed by atoms with E-state index < -0.39 is 11.7 Å². The highest BCUT2D eigenvalue weighted by atomic mass is 16.6. The van der Waals surface area contributed by atoms with E-state index in [-0.39, 0.29) is 0 Å². The summed E-state index contributed by atoms with van der Waals surface area (Å²) in [6, 6.07) is 0.527. The van der Waals surface area contributed by atoms with Gasteiger partial charge in [-0.25, -0.2) is 4.79 Å². The molecule has 0 heterocycles. The first-order chi connectivity index (χ1) is 11.2. The van der Waals surface area contributed by atoms with Crippen LogP contribution in [0.1, 0.15) is 48.5 Å². The van der Waals surface area contributed by atoms with Gasteiger partial charge in [-0.05, 0) is 48.1 Å². The summed E-state index contributed by atoms with van der Waals surface area (Å²) in [5.74, 6) is 0.767. The van der Waals surface area contributed by atoms with E-state index in [0.29, 0.717) is 19.1 Å². The van der Waals surface area contributed by atoms with Gasteiger partial charge >= 0.3 is 6.09 Å². The Balaban J connectivity index is 4.15. The van der Waals surface area contributed by atoms with Crippen LogP contribution in [-0.2, 0) is 4.74 Å². The molecule has 0 atom stereocenters. The highest BCUT2D eigenvalue weighted by Gasteiger charge is 2.15. The van der Waals surface area contributed by atoms with Crippen LogP contribution in [0.25, 0.3) is 0 Å². The molecule has 24 heavy (non-hydrogen) atoms. The van der Waals surface area contributed by atoms with Gasteiger partial charge in [0.2, 0.25) is 0 Å². The predicted molar refractivity (Wildman–Crippen MR) is 101 cm³/mol. The number of amides is 1. The largest absolute Gasteiger partial charge is 0.444 e. The van der Waals surface area contributed by atoms with E-state index in [1.54, 1.807) is 0 Å². The van der Waals surface area contributed by atoms with E-state index in [9.17, 15) is 4.79 Å². The van der Waals surface area contributed by atoms with Gasteiger partial charge in [-0.3, -0.25) is 9.89 Å². The van der Waals surface area contributed by atoms with E-state index >= 15 is 0 Å². The number of likely N-dealkylation sites (N-methyl/N-ethyl adjacent to an activating group) is 1. The second-order valence-electron chi connectivity index (χ2n) is 6.84. The number of carbonyl (C=O) groups excluding carboxylic acids is 1. The number of rotatable bonds is 9. The Morgan fingerprint density at radius 3 is 2.25 bits per heavy atom. The van der Waals surface area contributed by atoms with Crippen molar-refractivity contribution < 1.29 is 9.53 Å². The third kappa shape index (κ3) is 12.0. The number of guanidine groups is 1. The quantitative estimate of drug-likeness (QED) is 0.338. The smallest absolute Gasteiger partial charge is 0.407 e. The highest BCUT2D eigenvalue weighted by Crippen LogP contribution is 2.05. The summed E-state index contributed by atoms with van der Waals surface area (Å²) in [6.07, 6.45) is -0.401. The van der Waals surface area contributed by atoms with Crippen LogP contribution in [0.2, 0.25) is 0 Å². The zero-order valence-corrected chi connectivity index (χ0v) is 16.5. The SMILES string of the molecule is CCNC(=NCCN(CC)C(C)C)NCCNC(=O)OC(C)(C)C. The van der Waals surface area contributed by atoms with Crippen molar-refractivity contribution in [3.63, 3.8) is 0 Å². The molecule has 0 aromatic rings. The maximum atomic E-state index is 11.6. The van der Waals surface area contributed by atoms with E-state index in [1.165, 1.54) is 0 Å². The number of hydrogen-bond donors (Lipinski definition) is 3. The molecule has 0 radical (unpaired) electrons. The summed E-state index contributed by atoms with van der Waals surface area (Å²) in [5.41, 5.74) is -0.477. The Bertz CT molecular complexity index is 378. The number of nitrogens with one attached hydrogen (secondary N) is 3. The summed E-state index contributed by atoms with van der Waals surface area (Å²) in [6.45, 7) is 18.7. The molecule has 7 heteroatoms. The molecule has 0 fully saturated rings. The molecule has 3 N–H and O–H groups in total. The molecule has 0 aliphatic carbocycles. The van der Waals surface area contributed by atoms with Crippen LogP contribution < -0.4 is 16.0 Å². The van der Waals surface area contributed by atoms with Crippen LogP contribution in [0.3, 0.4) is 0 Å². The van der Waals surface area contributed by atoms with E-state index in [0.717, 1.165) is 32.1 Å². The van der Waals surface area contributed by atoms with Gasteiger partial charge < -0.3 is 20.7 Å². The second-order valence-corrected chi connectivity index (χ2v) is 6.84. The average Bonchev–Trinajstić information content (AvgIpc) is 2.45. The zero-order valence-electron chi connectivity index (χ0n) is 16.5. The first kappa shape index (κ1) is 22.5. The molecule has 0 aliphatic rings. The van der Waals surface area contributed by atoms with Crippen molar-refractivity contribution in [3.05, 3.63) is 0 Å². The fourth-order valence-electron chi connectivity index (χ4n) is 2.07. The summed E-state index contributed by atoms with van der Waals surface area (Å²) in [5, 5.41) is 9.14. The molecule has 0 aromatic heterocycles. The lowest BCUT2D eigenvalue weighted by molar-refractivity contribution is 0.0529. The molecule has 0 saturated carbocycles. The maximum absolute atomic E-state index is 11.6. The minimum Gasteiger partial charge on any atom is -0.444 e. The van der Waals surface area contributed by atoms with Gasteiger partial charge in [0, 0.05) is 32.2 Å². The molecule has 0 saturated heterocycles. The van der Waals surface area contributed by atoms with Crippen LogP contribution in [0.15, 0.2) is 4.99 Å². The fourth-order valence-corrected chi connectivity index (χ4v) is 2.07. The Hall–Kier alpha value is -1.50. The minimum absolute atomic E-state index is 0.401. The van der Waals surface area contributed by atoms with E-state index in [1.807, 2.05) is 27.7 Å². The molecule has 7 nitrogen and oxygen atoms in total. The zero-order chi connectivity index (χ0) is 18.6. The third-order valence-corrected chi connectivity index (χ3v) is 3.22. The van der Waals surface area contributed by atoms with Crippen molar-refractivity contribution in [2.75, 3.05) is 39.3 Å². The lowest BCUT2D eigenvalue weighted by Gasteiger charge is -2.23. The lowest BCUT2D eigenvalue weighted by atomic mass is 10.2. The Morgan fingerprint density at radius 1 is 1.12 bits per heavy atom. The topological polar surface area (TPSA) is 78.0 Å². The molecule has 142 valence electrons. The van der Waals surface area contributed by atoms with Crippen LogP contribution in [0.4, 0.5) is 4.79 Å². The molecule has 0 aromatic carbocycles. The molecule has 1 amide bonds. The van der Waals surface area contributed by atoms with Crippen molar-refractivity contribution in [2.24, 2.45) is 4.99 Å². The fraction of sp³-hybridized carbons (Fsp3) is 0.882. The predicted octanol–water partition coefficient (Wildman–Crippen LogP) is 1.80. The lowest BCUT2D eigenvalue weighted by Crippen LogP contribution is -2.43. The molecule has 0 rings (SSSR count). The first-order valence-corrected chi connectivity index (χ1v) is 8.92. The number of nitrogens with zero attached hydrogens (tertiary/aromatic N) is 2. The van der Waals surface area contributed by atoms with Crippen molar-refractivity contribution in [2.45, 2.75) is 60.1 Å². The first-order valence-electron chi connectivity index (χ1n) is 8.92. The van der Waals surface area contributed by atoms with Gasteiger partial charge in [-0.1, -0.05) is 6.92 Å². The monoisotopic (exact) mass is 343 g/mol. The highest BCUT2D eigenvalue weighted by molar-refractivity contribution is 5.79. The van der Waals surface area contributed by atoms with Crippen molar-refractivity contribution in [1.82, 2.24) is 20.9 Å². The Labute approximate surface area is 147 Å². The molecular weight excluding hydrogens is 306 g/mol. The molecule has 0 bridgehead atoms. The Morgan fingerprint density at radius 2 is 1.75 bits per heavy atom. The third-order valence-electron chi connectivity index (χ3n) is 3.22. The maximum Gasteiger partial charge on any atom is 0.407 e. The van der Waals surface area contributed by atoms with Gasteiger partial charge in [0.1, 0.15) is 5.60 Å². The van der Waals surface area contributed by atoms with Gasteiger partial charge in [0.15, 0.2) is 5.96 Å². The van der Waals surface area contributed by atoms with Gasteiger partial charge in [0.25, 0.3) is 0 Å². The van der Waals surface area contributed by atoms with Crippen LogP contribution >= 0.6 is 0 Å². The molecule has 0 aliphatic heterocycles. The summed E-state index contributed by atoms with van der Waals surface area (Å²) < 4.78 is 5.19. The number of aliphatic imine (C=N–C) groups is 1. The number of ether oxygens (including phenoxy) is 1. The summed E-state index contributed by atoms with van der Waals surface area (Å²) in [7, 11) is 0. The molecule has 0 spiro atoms. The van der Waals surface area contributed by atoms with E-state index in [2.05, 4.69) is 46.6 Å². The van der Waals surface area contributed by atoms with Gasteiger partial charge in [-0.15, -0.1) is 0 Å². The van der Waals surface area contributed by atoms with Gasteiger partial charge in [-0.2, -0.15) is 0 Å². The number of hydrogen-bond acceptors (Lipinski definition) is 4. The van der Waals surface area contributed by atoms with Crippen LogP contribution in [0.5, 0.6) is 0 Å². The van der Waals surface area contributed by atoms with Crippen molar-refractivity contribution in [1.29, 1.82) is 0 Å². The number of alkyl carbamates (subject to hydrolysis) is 1. The number of carbonyl (C=O) groups is 1. The van der Waals surface area contributed by atoms with Crippen LogP contribution in [0, 0.1) is 0 Å². The minimum atomic E-state index is -0.477. The standard InChI is InChI=1S/C17H37N5O2/c1-8-18-15(20-12-13-22(9-2)14(3)4)19-10-11-21-16(23)24-17(5,6)7/h14H,8-13H2,1-7H3,(H,21,23)(H2,18,19,20). The molecular formula is C17H37N5O2. The second kappa shape index (κ2) is 11.9.